The number of hydrogen-bond acceptors (Lipinski definition) is 5. The molecule has 0 aliphatic carbocycles. The molecule has 1 aliphatic rings. The number of carbonyl (C=O) groups excluding carboxylic acids is 1. The van der Waals surface area contributed by atoms with Crippen LogP contribution in [-0.2, 0) is 17.8 Å². The summed E-state index contributed by atoms with van der Waals surface area (Å²) < 4.78 is 0. The van der Waals surface area contributed by atoms with Crippen molar-refractivity contribution in [2.45, 2.75) is 32.7 Å². The average molecular weight is 542 g/mol. The number of carbonyl (C=O) groups is 1. The Bertz CT molecular complexity index is 806. The SMILES string of the molecule is CCNC(=NCc1cccnc1N1CCC(C(N)=O)CC1)NCCc1cccs1.I. The van der Waals surface area contributed by atoms with E-state index >= 15 is 0 Å². The molecule has 1 fully saturated rings. The van der Waals surface area contributed by atoms with Crippen molar-refractivity contribution in [2.75, 3.05) is 31.1 Å². The van der Waals surface area contributed by atoms with Crippen LogP contribution in [0.2, 0.25) is 0 Å². The number of piperidine rings is 1. The summed E-state index contributed by atoms with van der Waals surface area (Å²) in [6.45, 7) is 5.85. The average Bonchev–Trinajstić information content (AvgIpc) is 3.26. The fourth-order valence-electron chi connectivity index (χ4n) is 3.48. The van der Waals surface area contributed by atoms with Crippen LogP contribution in [-0.4, -0.2) is 43.0 Å². The van der Waals surface area contributed by atoms with E-state index in [0.717, 1.165) is 62.8 Å². The number of halogens is 1. The zero-order chi connectivity index (χ0) is 20.5. The number of aromatic nitrogens is 1. The first-order valence-electron chi connectivity index (χ1n) is 10.2. The standard InChI is InChI=1S/C21H30N6OS.HI/c1-2-23-21(25-11-7-18-6-4-14-29-18)26-15-17-5-3-10-24-20(17)27-12-8-16(9-13-27)19(22)28;/h3-6,10,14,16H,2,7-9,11-13,15H2,1H3,(H2,22,28)(H2,23,25,26);1H. The van der Waals surface area contributed by atoms with E-state index in [2.05, 4.69) is 51.0 Å². The Morgan fingerprint density at radius 3 is 2.77 bits per heavy atom. The molecule has 1 amide bonds. The molecule has 0 bridgehead atoms. The van der Waals surface area contributed by atoms with E-state index in [4.69, 9.17) is 10.7 Å². The zero-order valence-corrected chi connectivity index (χ0v) is 20.5. The molecule has 0 spiro atoms. The molecule has 0 unspecified atom stereocenters. The van der Waals surface area contributed by atoms with Gasteiger partial charge < -0.3 is 21.3 Å². The summed E-state index contributed by atoms with van der Waals surface area (Å²) in [6, 6.07) is 8.25. The van der Waals surface area contributed by atoms with Gasteiger partial charge in [-0.05, 0) is 43.7 Å². The Kier molecular flexibility index (Phi) is 10.4. The van der Waals surface area contributed by atoms with Gasteiger partial charge in [-0.2, -0.15) is 0 Å². The van der Waals surface area contributed by atoms with E-state index in [-0.39, 0.29) is 35.8 Å². The Morgan fingerprint density at radius 1 is 1.30 bits per heavy atom. The second-order valence-corrected chi connectivity index (χ2v) is 8.13. The number of amides is 1. The number of hydrogen-bond donors (Lipinski definition) is 3. The lowest BCUT2D eigenvalue weighted by atomic mass is 9.96. The minimum Gasteiger partial charge on any atom is -0.369 e. The molecular weight excluding hydrogens is 511 g/mol. The molecule has 0 atom stereocenters. The topological polar surface area (TPSA) is 95.6 Å². The van der Waals surface area contributed by atoms with Crippen LogP contribution in [0.25, 0.3) is 0 Å². The van der Waals surface area contributed by atoms with Gasteiger partial charge in [-0.15, -0.1) is 35.3 Å². The van der Waals surface area contributed by atoms with Crippen molar-refractivity contribution >= 4 is 53.0 Å². The van der Waals surface area contributed by atoms with Crippen LogP contribution in [0, 0.1) is 5.92 Å². The maximum absolute atomic E-state index is 11.4. The van der Waals surface area contributed by atoms with Crippen LogP contribution >= 0.6 is 35.3 Å². The van der Waals surface area contributed by atoms with Gasteiger partial charge in [0, 0.05) is 48.7 Å². The van der Waals surface area contributed by atoms with Crippen LogP contribution in [0.15, 0.2) is 40.8 Å². The number of anilines is 1. The first-order valence-corrected chi connectivity index (χ1v) is 11.1. The monoisotopic (exact) mass is 542 g/mol. The van der Waals surface area contributed by atoms with Crippen LogP contribution in [0.5, 0.6) is 0 Å². The molecule has 2 aromatic heterocycles. The Balaban J connectivity index is 0.00000320. The number of aliphatic imine (C=N–C) groups is 1. The molecule has 2 aromatic rings. The summed E-state index contributed by atoms with van der Waals surface area (Å²) in [5, 5.41) is 8.82. The van der Waals surface area contributed by atoms with Gasteiger partial charge in [-0.3, -0.25) is 4.79 Å². The lowest BCUT2D eigenvalue weighted by Crippen LogP contribution is -2.39. The first kappa shape index (κ1) is 24.4. The van der Waals surface area contributed by atoms with Crippen LogP contribution in [0.3, 0.4) is 0 Å². The minimum atomic E-state index is -0.195. The smallest absolute Gasteiger partial charge is 0.220 e. The summed E-state index contributed by atoms with van der Waals surface area (Å²) >= 11 is 1.77. The van der Waals surface area contributed by atoms with Gasteiger partial charge in [-0.1, -0.05) is 12.1 Å². The number of pyridine rings is 1. The number of primary amides is 1. The molecule has 1 aliphatic heterocycles. The highest BCUT2D eigenvalue weighted by molar-refractivity contribution is 14.0. The van der Waals surface area contributed by atoms with Gasteiger partial charge in [0.05, 0.1) is 6.54 Å². The third-order valence-electron chi connectivity index (χ3n) is 5.06. The van der Waals surface area contributed by atoms with Crippen molar-refractivity contribution in [3.8, 4) is 0 Å². The second kappa shape index (κ2) is 12.7. The zero-order valence-electron chi connectivity index (χ0n) is 17.3. The summed E-state index contributed by atoms with van der Waals surface area (Å²) in [4.78, 5) is 24.4. The highest BCUT2D eigenvalue weighted by atomic mass is 127. The molecule has 1 saturated heterocycles. The van der Waals surface area contributed by atoms with Gasteiger partial charge >= 0.3 is 0 Å². The molecule has 4 N–H and O–H groups in total. The number of nitrogens with zero attached hydrogens (tertiary/aromatic N) is 3. The minimum absolute atomic E-state index is 0. The van der Waals surface area contributed by atoms with Crippen molar-refractivity contribution in [3.05, 3.63) is 46.3 Å². The maximum Gasteiger partial charge on any atom is 0.220 e. The van der Waals surface area contributed by atoms with Crippen molar-refractivity contribution in [1.29, 1.82) is 0 Å². The Hall–Kier alpha value is -1.88. The van der Waals surface area contributed by atoms with E-state index < -0.39 is 0 Å². The molecule has 164 valence electrons. The number of guanidine groups is 1. The quantitative estimate of drug-likeness (QED) is 0.271. The predicted octanol–water partition coefficient (Wildman–Crippen LogP) is 2.76. The fourth-order valence-corrected chi connectivity index (χ4v) is 4.19. The van der Waals surface area contributed by atoms with Crippen LogP contribution < -0.4 is 21.3 Å². The highest BCUT2D eigenvalue weighted by Crippen LogP contribution is 2.24. The van der Waals surface area contributed by atoms with Gasteiger partial charge in [0.25, 0.3) is 0 Å². The van der Waals surface area contributed by atoms with Gasteiger partial charge in [0.15, 0.2) is 5.96 Å². The molecule has 7 nitrogen and oxygen atoms in total. The third kappa shape index (κ3) is 7.12. The largest absolute Gasteiger partial charge is 0.369 e. The summed E-state index contributed by atoms with van der Waals surface area (Å²) in [7, 11) is 0. The summed E-state index contributed by atoms with van der Waals surface area (Å²) in [5.41, 5.74) is 6.54. The molecule has 3 rings (SSSR count). The molecule has 0 saturated carbocycles. The number of nitrogens with two attached hydrogens (primary N) is 1. The van der Waals surface area contributed by atoms with E-state index in [9.17, 15) is 4.79 Å². The lowest BCUT2D eigenvalue weighted by Gasteiger charge is -2.32. The lowest BCUT2D eigenvalue weighted by molar-refractivity contribution is -0.122. The van der Waals surface area contributed by atoms with E-state index in [1.54, 1.807) is 11.3 Å². The normalized spacial score (nSPS) is 14.8. The molecule has 9 heteroatoms. The Labute approximate surface area is 199 Å². The summed E-state index contributed by atoms with van der Waals surface area (Å²) in [6.07, 6.45) is 4.35. The van der Waals surface area contributed by atoms with Crippen molar-refractivity contribution < 1.29 is 4.79 Å². The molecule has 0 aromatic carbocycles. The molecule has 30 heavy (non-hydrogen) atoms. The van der Waals surface area contributed by atoms with E-state index in [1.165, 1.54) is 4.88 Å². The molecule has 3 heterocycles. The highest BCUT2D eigenvalue weighted by Gasteiger charge is 2.24. The Morgan fingerprint density at radius 2 is 2.10 bits per heavy atom. The van der Waals surface area contributed by atoms with Gasteiger partial charge in [-0.25, -0.2) is 9.98 Å². The number of thiophene rings is 1. The van der Waals surface area contributed by atoms with Crippen molar-refractivity contribution in [3.63, 3.8) is 0 Å². The number of nitrogens with one attached hydrogen (secondary N) is 2. The fraction of sp³-hybridized carbons (Fsp3) is 0.476. The predicted molar refractivity (Wildman–Crippen MR) is 135 cm³/mol. The third-order valence-corrected chi connectivity index (χ3v) is 6.00. The second-order valence-electron chi connectivity index (χ2n) is 7.10. The maximum atomic E-state index is 11.4. The van der Waals surface area contributed by atoms with Crippen molar-refractivity contribution in [2.24, 2.45) is 16.6 Å². The van der Waals surface area contributed by atoms with E-state index in [0.29, 0.717) is 6.54 Å². The summed E-state index contributed by atoms with van der Waals surface area (Å²) in [5.74, 6) is 1.55. The molecular formula is C21H31IN6OS. The van der Waals surface area contributed by atoms with Gasteiger partial charge in [0.2, 0.25) is 5.91 Å². The van der Waals surface area contributed by atoms with Crippen molar-refractivity contribution in [1.82, 2.24) is 15.6 Å². The van der Waals surface area contributed by atoms with Crippen LogP contribution in [0.4, 0.5) is 5.82 Å². The van der Waals surface area contributed by atoms with E-state index in [1.807, 2.05) is 12.3 Å². The first-order chi connectivity index (χ1) is 14.2. The number of rotatable bonds is 8. The molecule has 0 radical (unpaired) electrons. The van der Waals surface area contributed by atoms with Gasteiger partial charge in [0.1, 0.15) is 5.82 Å². The van der Waals surface area contributed by atoms with Crippen LogP contribution in [0.1, 0.15) is 30.2 Å².